The molecule has 2 rings (SSSR count). The Bertz CT molecular complexity index is 464. The predicted molar refractivity (Wildman–Crippen MR) is 82.6 cm³/mol. The topological polar surface area (TPSA) is 81.1 Å². The number of thioether (sulfide) groups is 1. The second-order valence-electron chi connectivity index (χ2n) is 4.90. The van der Waals surface area contributed by atoms with E-state index in [1.165, 1.54) is 6.42 Å². The Kier molecular flexibility index (Phi) is 4.58. The third-order valence-corrected chi connectivity index (χ3v) is 4.69. The zero-order chi connectivity index (χ0) is 13.8. The van der Waals surface area contributed by atoms with Crippen molar-refractivity contribution in [2.45, 2.75) is 37.5 Å². The van der Waals surface area contributed by atoms with Gasteiger partial charge in [0.15, 0.2) is 0 Å². The van der Waals surface area contributed by atoms with E-state index >= 15 is 0 Å². The van der Waals surface area contributed by atoms with E-state index in [0.717, 1.165) is 29.5 Å². The van der Waals surface area contributed by atoms with Gasteiger partial charge in [-0.05, 0) is 43.2 Å². The summed E-state index contributed by atoms with van der Waals surface area (Å²) < 4.78 is 0. The van der Waals surface area contributed by atoms with Gasteiger partial charge in [-0.3, -0.25) is 4.79 Å². The van der Waals surface area contributed by atoms with E-state index < -0.39 is 5.91 Å². The molecule has 5 heteroatoms. The summed E-state index contributed by atoms with van der Waals surface area (Å²) in [5.74, 6) is 0.738. The van der Waals surface area contributed by atoms with Crippen LogP contribution in [0.1, 0.15) is 36.5 Å². The maximum atomic E-state index is 11.4. The first-order chi connectivity index (χ1) is 9.10. The standard InChI is InChI=1S/C14H21N3OS/c1-2-19-11-5-4-10(8-11)17-13-7-9(15)3-6-12(13)14(16)18/h3,6-7,10-11,17H,2,4-5,8,15H2,1H3,(H2,16,18). The van der Waals surface area contributed by atoms with Crippen LogP contribution in [0.5, 0.6) is 0 Å². The van der Waals surface area contributed by atoms with Gasteiger partial charge in [0.2, 0.25) is 0 Å². The number of benzene rings is 1. The summed E-state index contributed by atoms with van der Waals surface area (Å²) in [5.41, 5.74) is 13.1. The number of primary amides is 1. The molecule has 1 aromatic rings. The zero-order valence-electron chi connectivity index (χ0n) is 11.2. The minimum absolute atomic E-state index is 0.406. The molecule has 1 amide bonds. The van der Waals surface area contributed by atoms with Gasteiger partial charge in [-0.25, -0.2) is 0 Å². The Labute approximate surface area is 118 Å². The van der Waals surface area contributed by atoms with Crippen LogP contribution in [0.15, 0.2) is 18.2 Å². The van der Waals surface area contributed by atoms with Gasteiger partial charge in [-0.15, -0.1) is 0 Å². The quantitative estimate of drug-likeness (QED) is 0.723. The number of rotatable bonds is 5. The Morgan fingerprint density at radius 2 is 2.26 bits per heavy atom. The molecule has 0 aromatic heterocycles. The highest BCUT2D eigenvalue weighted by molar-refractivity contribution is 7.99. The summed E-state index contributed by atoms with van der Waals surface area (Å²) in [6.07, 6.45) is 3.49. The SMILES string of the molecule is CCSC1CCC(Nc2cc(N)ccc2C(N)=O)C1. The molecule has 1 aliphatic carbocycles. The Hall–Kier alpha value is -1.36. The second kappa shape index (κ2) is 6.19. The average molecular weight is 279 g/mol. The Morgan fingerprint density at radius 3 is 2.95 bits per heavy atom. The summed E-state index contributed by atoms with van der Waals surface area (Å²) in [5, 5.41) is 4.15. The number of hydrogen-bond acceptors (Lipinski definition) is 4. The molecular formula is C14H21N3OS. The van der Waals surface area contributed by atoms with Gasteiger partial charge >= 0.3 is 0 Å². The molecule has 2 unspecified atom stereocenters. The van der Waals surface area contributed by atoms with E-state index in [1.54, 1.807) is 18.2 Å². The molecule has 5 N–H and O–H groups in total. The first-order valence-electron chi connectivity index (χ1n) is 6.67. The highest BCUT2D eigenvalue weighted by Crippen LogP contribution is 2.32. The van der Waals surface area contributed by atoms with Crippen LogP contribution < -0.4 is 16.8 Å². The monoisotopic (exact) mass is 279 g/mol. The number of hydrogen-bond donors (Lipinski definition) is 3. The Balaban J connectivity index is 2.07. The van der Waals surface area contributed by atoms with Crippen LogP contribution in [0.4, 0.5) is 11.4 Å². The van der Waals surface area contributed by atoms with Crippen LogP contribution in [0, 0.1) is 0 Å². The van der Waals surface area contributed by atoms with Gasteiger partial charge in [0, 0.05) is 22.7 Å². The molecule has 0 saturated heterocycles. The van der Waals surface area contributed by atoms with Crippen molar-refractivity contribution in [3.05, 3.63) is 23.8 Å². The van der Waals surface area contributed by atoms with Crippen molar-refractivity contribution in [3.8, 4) is 0 Å². The first-order valence-corrected chi connectivity index (χ1v) is 7.72. The van der Waals surface area contributed by atoms with Crippen LogP contribution >= 0.6 is 11.8 Å². The van der Waals surface area contributed by atoms with Gasteiger partial charge in [0.05, 0.1) is 5.56 Å². The largest absolute Gasteiger partial charge is 0.399 e. The molecule has 0 heterocycles. The number of nitrogen functional groups attached to an aromatic ring is 1. The van der Waals surface area contributed by atoms with Crippen molar-refractivity contribution in [2.24, 2.45) is 5.73 Å². The molecule has 104 valence electrons. The molecular weight excluding hydrogens is 258 g/mol. The maximum Gasteiger partial charge on any atom is 0.250 e. The molecule has 1 saturated carbocycles. The van der Waals surface area contributed by atoms with Crippen molar-refractivity contribution < 1.29 is 4.79 Å². The smallest absolute Gasteiger partial charge is 0.250 e. The highest BCUT2D eigenvalue weighted by atomic mass is 32.2. The minimum atomic E-state index is -0.417. The lowest BCUT2D eigenvalue weighted by atomic mass is 10.1. The van der Waals surface area contributed by atoms with Gasteiger partial charge < -0.3 is 16.8 Å². The lowest BCUT2D eigenvalue weighted by Gasteiger charge is -2.17. The van der Waals surface area contributed by atoms with E-state index in [2.05, 4.69) is 12.2 Å². The fourth-order valence-corrected chi connectivity index (χ4v) is 3.72. The molecule has 4 nitrogen and oxygen atoms in total. The number of nitrogens with two attached hydrogens (primary N) is 2. The van der Waals surface area contributed by atoms with Crippen LogP contribution in [-0.2, 0) is 0 Å². The molecule has 1 aliphatic rings. The van der Waals surface area contributed by atoms with Gasteiger partial charge in [0.25, 0.3) is 5.91 Å². The first kappa shape index (κ1) is 14.1. The van der Waals surface area contributed by atoms with Crippen molar-refractivity contribution in [1.82, 2.24) is 0 Å². The van der Waals surface area contributed by atoms with Crippen LogP contribution in [0.2, 0.25) is 0 Å². The lowest BCUT2D eigenvalue weighted by Crippen LogP contribution is -2.20. The molecule has 0 bridgehead atoms. The zero-order valence-corrected chi connectivity index (χ0v) is 12.0. The normalized spacial score (nSPS) is 22.4. The van der Waals surface area contributed by atoms with Gasteiger partial charge in [-0.2, -0.15) is 11.8 Å². The van der Waals surface area contributed by atoms with Gasteiger partial charge in [-0.1, -0.05) is 6.92 Å². The van der Waals surface area contributed by atoms with Crippen LogP contribution in [-0.4, -0.2) is 23.0 Å². The number of anilines is 2. The Morgan fingerprint density at radius 1 is 1.47 bits per heavy atom. The van der Waals surface area contributed by atoms with E-state index in [9.17, 15) is 4.79 Å². The third-order valence-electron chi connectivity index (χ3n) is 3.46. The third kappa shape index (κ3) is 3.56. The molecule has 1 fully saturated rings. The summed E-state index contributed by atoms with van der Waals surface area (Å²) in [7, 11) is 0. The second-order valence-corrected chi connectivity index (χ2v) is 6.48. The van der Waals surface area contributed by atoms with Crippen molar-refractivity contribution in [3.63, 3.8) is 0 Å². The minimum Gasteiger partial charge on any atom is -0.399 e. The van der Waals surface area contributed by atoms with Crippen molar-refractivity contribution >= 4 is 29.0 Å². The number of carbonyl (C=O) groups is 1. The predicted octanol–water partition coefficient (Wildman–Crippen LogP) is 2.45. The molecule has 19 heavy (non-hydrogen) atoms. The van der Waals surface area contributed by atoms with Crippen molar-refractivity contribution in [2.75, 3.05) is 16.8 Å². The van der Waals surface area contributed by atoms with Gasteiger partial charge in [0.1, 0.15) is 0 Å². The molecule has 1 aromatic carbocycles. The van der Waals surface area contributed by atoms with Crippen LogP contribution in [0.3, 0.4) is 0 Å². The average Bonchev–Trinajstić information content (AvgIpc) is 2.77. The number of nitrogens with one attached hydrogen (secondary N) is 1. The van der Waals surface area contributed by atoms with E-state index in [-0.39, 0.29) is 0 Å². The molecule has 2 atom stereocenters. The summed E-state index contributed by atoms with van der Waals surface area (Å²) in [6, 6.07) is 5.59. The van der Waals surface area contributed by atoms with E-state index in [4.69, 9.17) is 11.5 Å². The summed E-state index contributed by atoms with van der Waals surface area (Å²) in [6.45, 7) is 2.19. The fraction of sp³-hybridized carbons (Fsp3) is 0.500. The molecule has 0 aliphatic heterocycles. The molecule has 0 radical (unpaired) electrons. The number of amides is 1. The summed E-state index contributed by atoms with van der Waals surface area (Å²) in [4.78, 5) is 11.4. The van der Waals surface area contributed by atoms with E-state index in [1.807, 2.05) is 11.8 Å². The molecule has 0 spiro atoms. The number of carbonyl (C=O) groups excluding carboxylic acids is 1. The van der Waals surface area contributed by atoms with E-state index in [0.29, 0.717) is 17.3 Å². The maximum absolute atomic E-state index is 11.4. The summed E-state index contributed by atoms with van der Waals surface area (Å²) >= 11 is 2.01. The highest BCUT2D eigenvalue weighted by Gasteiger charge is 2.25. The van der Waals surface area contributed by atoms with Crippen molar-refractivity contribution in [1.29, 1.82) is 0 Å². The fourth-order valence-electron chi connectivity index (χ4n) is 2.57. The lowest BCUT2D eigenvalue weighted by molar-refractivity contribution is 0.100. The van der Waals surface area contributed by atoms with Crippen LogP contribution in [0.25, 0.3) is 0 Å².